The Hall–Kier alpha value is -2.57. The van der Waals surface area contributed by atoms with E-state index in [2.05, 4.69) is 15.2 Å². The van der Waals surface area contributed by atoms with Crippen LogP contribution in [0.25, 0.3) is 17.0 Å². The number of nitrogens with one attached hydrogen (secondary N) is 1. The number of aromatic nitrogens is 2. The Morgan fingerprint density at radius 1 is 1.11 bits per heavy atom. The number of nitrogens with zero attached hydrogens (tertiary/aromatic N) is 3. The molecule has 4 rings (SSSR count). The molecule has 0 aliphatic carbocycles. The number of carbonyl (C=O) groups is 1. The number of hydrogen-bond acceptors (Lipinski definition) is 5. The summed E-state index contributed by atoms with van der Waals surface area (Å²) >= 11 is 1.60. The lowest BCUT2D eigenvalue weighted by molar-refractivity contribution is -0.111. The maximum Gasteiger partial charge on any atom is 0.249 e. The third-order valence-electron chi connectivity index (χ3n) is 4.65. The average Bonchev–Trinajstić information content (AvgIpc) is 3.21. The van der Waals surface area contributed by atoms with Crippen LogP contribution < -0.4 is 5.32 Å². The van der Waals surface area contributed by atoms with Crippen molar-refractivity contribution in [3.8, 4) is 0 Å². The normalized spacial score (nSPS) is 15.4. The van der Waals surface area contributed by atoms with Gasteiger partial charge in [0.1, 0.15) is 11.6 Å². The van der Waals surface area contributed by atoms with Crippen molar-refractivity contribution in [1.82, 2.24) is 14.9 Å². The van der Waals surface area contributed by atoms with Gasteiger partial charge in [0.25, 0.3) is 0 Å². The van der Waals surface area contributed by atoms with Crippen molar-refractivity contribution in [3.05, 3.63) is 58.6 Å². The number of hydrogen-bond donors (Lipinski definition) is 1. The zero-order valence-electron chi connectivity index (χ0n) is 15.1. The zero-order chi connectivity index (χ0) is 18.5. The molecular weight excluding hydrogens is 356 g/mol. The molecule has 1 aliphatic rings. The van der Waals surface area contributed by atoms with Crippen LogP contribution in [-0.4, -0.2) is 33.9 Å². The number of piperidine rings is 1. The predicted molar refractivity (Wildman–Crippen MR) is 111 cm³/mol. The highest BCUT2D eigenvalue weighted by Crippen LogP contribution is 2.21. The fourth-order valence-electron chi connectivity index (χ4n) is 3.31. The van der Waals surface area contributed by atoms with Gasteiger partial charge in [-0.15, -0.1) is 11.3 Å². The Labute approximate surface area is 162 Å². The number of carbonyl (C=O) groups excluding carboxylic acids is 1. The van der Waals surface area contributed by atoms with E-state index in [9.17, 15) is 4.79 Å². The Morgan fingerprint density at radius 3 is 2.78 bits per heavy atom. The van der Waals surface area contributed by atoms with Gasteiger partial charge in [-0.3, -0.25) is 9.69 Å². The molecule has 2 aromatic heterocycles. The molecule has 0 atom stereocenters. The number of fused-ring (bicyclic) bond motifs is 1. The average molecular weight is 379 g/mol. The second-order valence-corrected chi connectivity index (χ2v) is 7.66. The molecule has 1 aromatic carbocycles. The van der Waals surface area contributed by atoms with E-state index >= 15 is 0 Å². The summed E-state index contributed by atoms with van der Waals surface area (Å²) in [6, 6.07) is 11.8. The fraction of sp³-hybridized carbons (Fsp3) is 0.286. The van der Waals surface area contributed by atoms with Gasteiger partial charge in [-0.1, -0.05) is 24.6 Å². The van der Waals surface area contributed by atoms with Crippen LogP contribution in [0.2, 0.25) is 0 Å². The van der Waals surface area contributed by atoms with Gasteiger partial charge in [-0.05, 0) is 55.6 Å². The fourth-order valence-corrected chi connectivity index (χ4v) is 3.93. The molecular formula is C21H22N4OS. The Balaban J connectivity index is 1.57. The van der Waals surface area contributed by atoms with Gasteiger partial charge < -0.3 is 5.32 Å². The molecule has 1 fully saturated rings. The van der Waals surface area contributed by atoms with Crippen LogP contribution in [0.4, 0.5) is 5.82 Å². The summed E-state index contributed by atoms with van der Waals surface area (Å²) in [6.07, 6.45) is 7.12. The summed E-state index contributed by atoms with van der Waals surface area (Å²) in [5, 5.41) is 5.78. The molecule has 5 nitrogen and oxygen atoms in total. The minimum absolute atomic E-state index is 0.184. The molecule has 3 heterocycles. The lowest BCUT2D eigenvalue weighted by atomic mass is 10.1. The number of para-hydroxylation sites is 1. The van der Waals surface area contributed by atoms with Crippen molar-refractivity contribution >= 4 is 40.0 Å². The van der Waals surface area contributed by atoms with E-state index in [1.54, 1.807) is 17.4 Å². The molecule has 0 unspecified atom stereocenters. The predicted octanol–water partition coefficient (Wildman–Crippen LogP) is 4.33. The van der Waals surface area contributed by atoms with Crippen molar-refractivity contribution in [2.75, 3.05) is 18.4 Å². The molecule has 6 heteroatoms. The van der Waals surface area contributed by atoms with E-state index in [0.29, 0.717) is 5.82 Å². The highest BCUT2D eigenvalue weighted by atomic mass is 32.1. The Kier molecular flexibility index (Phi) is 5.55. The summed E-state index contributed by atoms with van der Waals surface area (Å²) < 4.78 is 0. The van der Waals surface area contributed by atoms with E-state index in [4.69, 9.17) is 4.98 Å². The van der Waals surface area contributed by atoms with Gasteiger partial charge in [-0.2, -0.15) is 0 Å². The summed E-state index contributed by atoms with van der Waals surface area (Å²) in [5.74, 6) is 1.15. The van der Waals surface area contributed by atoms with Crippen molar-refractivity contribution in [1.29, 1.82) is 0 Å². The molecule has 0 bridgehead atoms. The standard InChI is InChI=1S/C21H22N4OS/c26-20(11-10-16-7-6-14-27-16)24-21-17-8-2-3-9-18(17)22-19(23-21)15-25-12-4-1-5-13-25/h2-3,6-11,14H,1,4-5,12-13,15H2,(H,22,23,24,26). The second kappa shape index (κ2) is 8.41. The summed E-state index contributed by atoms with van der Waals surface area (Å²) in [5.41, 5.74) is 0.858. The topological polar surface area (TPSA) is 58.1 Å². The SMILES string of the molecule is O=C(C=Cc1cccs1)Nc1nc(CN2CCCCC2)nc2ccccc12. The van der Waals surface area contributed by atoms with E-state index in [1.807, 2.05) is 47.9 Å². The van der Waals surface area contributed by atoms with Crippen molar-refractivity contribution in [3.63, 3.8) is 0 Å². The second-order valence-electron chi connectivity index (χ2n) is 6.68. The van der Waals surface area contributed by atoms with E-state index in [-0.39, 0.29) is 5.91 Å². The first-order valence-corrected chi connectivity index (χ1v) is 10.2. The highest BCUT2D eigenvalue weighted by Gasteiger charge is 2.14. The van der Waals surface area contributed by atoms with E-state index in [1.165, 1.54) is 19.3 Å². The van der Waals surface area contributed by atoms with Gasteiger partial charge >= 0.3 is 0 Å². The first-order valence-electron chi connectivity index (χ1n) is 9.28. The molecule has 1 aliphatic heterocycles. The number of amides is 1. The number of rotatable bonds is 5. The van der Waals surface area contributed by atoms with Crippen LogP contribution >= 0.6 is 11.3 Å². The van der Waals surface area contributed by atoms with Gasteiger partial charge in [0.05, 0.1) is 12.1 Å². The van der Waals surface area contributed by atoms with Crippen molar-refractivity contribution < 1.29 is 4.79 Å². The minimum atomic E-state index is -0.184. The number of anilines is 1. The third kappa shape index (κ3) is 4.59. The summed E-state index contributed by atoms with van der Waals surface area (Å²) in [4.78, 5) is 25.2. The van der Waals surface area contributed by atoms with Crippen LogP contribution in [0.5, 0.6) is 0 Å². The maximum atomic E-state index is 12.4. The number of benzene rings is 1. The van der Waals surface area contributed by atoms with Crippen molar-refractivity contribution in [2.45, 2.75) is 25.8 Å². The molecule has 0 spiro atoms. The molecule has 1 saturated heterocycles. The molecule has 27 heavy (non-hydrogen) atoms. The van der Waals surface area contributed by atoms with E-state index in [0.717, 1.165) is 41.2 Å². The molecule has 0 radical (unpaired) electrons. The molecule has 3 aromatic rings. The van der Waals surface area contributed by atoms with Crippen molar-refractivity contribution in [2.24, 2.45) is 0 Å². The Bertz CT molecular complexity index is 946. The lowest BCUT2D eigenvalue weighted by Gasteiger charge is -2.25. The van der Waals surface area contributed by atoms with Crippen LogP contribution in [0.15, 0.2) is 47.9 Å². The minimum Gasteiger partial charge on any atom is -0.306 e. The quantitative estimate of drug-likeness (QED) is 0.672. The van der Waals surface area contributed by atoms with E-state index < -0.39 is 0 Å². The zero-order valence-corrected chi connectivity index (χ0v) is 15.9. The maximum absolute atomic E-state index is 12.4. The van der Waals surface area contributed by atoms with Crippen LogP contribution in [-0.2, 0) is 11.3 Å². The highest BCUT2D eigenvalue weighted by molar-refractivity contribution is 7.10. The van der Waals surface area contributed by atoms with Crippen LogP contribution in [0.3, 0.4) is 0 Å². The lowest BCUT2D eigenvalue weighted by Crippen LogP contribution is -2.30. The molecule has 1 amide bonds. The number of likely N-dealkylation sites (tertiary alicyclic amines) is 1. The summed E-state index contributed by atoms with van der Waals surface area (Å²) in [7, 11) is 0. The molecule has 138 valence electrons. The van der Waals surface area contributed by atoms with Gasteiger partial charge in [-0.25, -0.2) is 9.97 Å². The van der Waals surface area contributed by atoms with Crippen LogP contribution in [0, 0.1) is 0 Å². The molecule has 1 N–H and O–H groups in total. The smallest absolute Gasteiger partial charge is 0.249 e. The van der Waals surface area contributed by atoms with Gasteiger partial charge in [0.15, 0.2) is 0 Å². The summed E-state index contributed by atoms with van der Waals surface area (Å²) in [6.45, 7) is 2.89. The van der Waals surface area contributed by atoms with Crippen LogP contribution in [0.1, 0.15) is 30.0 Å². The number of thiophene rings is 1. The van der Waals surface area contributed by atoms with Gasteiger partial charge in [0, 0.05) is 16.3 Å². The largest absolute Gasteiger partial charge is 0.306 e. The first-order chi connectivity index (χ1) is 13.3. The third-order valence-corrected chi connectivity index (χ3v) is 5.48. The Morgan fingerprint density at radius 2 is 1.96 bits per heavy atom. The van der Waals surface area contributed by atoms with Gasteiger partial charge in [0.2, 0.25) is 5.91 Å². The first kappa shape index (κ1) is 17.8. The monoisotopic (exact) mass is 378 g/mol. The molecule has 0 saturated carbocycles.